The van der Waals surface area contributed by atoms with Gasteiger partial charge < -0.3 is 10.0 Å². The van der Waals surface area contributed by atoms with Crippen molar-refractivity contribution in [3.63, 3.8) is 0 Å². The summed E-state index contributed by atoms with van der Waals surface area (Å²) in [7, 11) is 0. The van der Waals surface area contributed by atoms with Crippen LogP contribution in [-0.4, -0.2) is 51.2 Å². The number of aliphatic carboxylic acids is 1. The molecule has 1 amide bonds. The van der Waals surface area contributed by atoms with E-state index in [-0.39, 0.29) is 12.5 Å². The van der Waals surface area contributed by atoms with Crippen LogP contribution >= 0.6 is 11.8 Å². The Morgan fingerprint density at radius 2 is 2.05 bits per heavy atom. The maximum Gasteiger partial charge on any atom is 0.308 e. The molecule has 0 unspecified atom stereocenters. The van der Waals surface area contributed by atoms with Crippen LogP contribution in [-0.2, 0) is 4.79 Å². The van der Waals surface area contributed by atoms with Gasteiger partial charge in [-0.05, 0) is 32.9 Å². The van der Waals surface area contributed by atoms with E-state index in [1.54, 1.807) is 18.7 Å². The molecule has 1 aliphatic heterocycles. The average molecular weight is 309 g/mol. The molecule has 1 N–H and O–H groups in total. The lowest BCUT2D eigenvalue weighted by Gasteiger charge is -2.31. The van der Waals surface area contributed by atoms with Crippen LogP contribution in [0.5, 0.6) is 0 Å². The highest BCUT2D eigenvalue weighted by Gasteiger charge is 2.30. The number of carboxylic acids is 1. The van der Waals surface area contributed by atoms with E-state index >= 15 is 0 Å². The number of thioether (sulfide) groups is 1. The van der Waals surface area contributed by atoms with Crippen LogP contribution in [0.15, 0.2) is 5.03 Å². The molecule has 0 bridgehead atoms. The minimum absolute atomic E-state index is 0.164. The third-order valence-corrected chi connectivity index (χ3v) is 4.32. The fourth-order valence-electron chi connectivity index (χ4n) is 2.60. The summed E-state index contributed by atoms with van der Waals surface area (Å²) in [5.74, 6) is -0.847. The molecule has 1 fully saturated rings. The van der Waals surface area contributed by atoms with Crippen LogP contribution in [0.25, 0.3) is 0 Å². The highest BCUT2D eigenvalue weighted by atomic mass is 32.2. The number of likely N-dealkylation sites (tertiary alicyclic amines) is 1. The number of aryl methyl sites for hydroxylation is 2. The third kappa shape index (κ3) is 3.34. The largest absolute Gasteiger partial charge is 0.481 e. The van der Waals surface area contributed by atoms with Crippen LogP contribution in [0, 0.1) is 19.8 Å². The first-order valence-corrected chi connectivity index (χ1v) is 8.07. The molecule has 0 aromatic carbocycles. The monoisotopic (exact) mass is 309 g/mol. The SMILES string of the molecule is CSc1nc(C)nc(C)c1C(=O)N1CCC[C@@H](C(=O)O)C1. The molecule has 1 aliphatic rings. The van der Waals surface area contributed by atoms with Gasteiger partial charge in [0.2, 0.25) is 0 Å². The Labute approximate surface area is 128 Å². The number of carbonyl (C=O) groups is 2. The Balaban J connectivity index is 2.29. The van der Waals surface area contributed by atoms with Crippen molar-refractivity contribution in [2.24, 2.45) is 5.92 Å². The van der Waals surface area contributed by atoms with E-state index in [0.29, 0.717) is 41.5 Å². The van der Waals surface area contributed by atoms with Gasteiger partial charge in [0.25, 0.3) is 5.91 Å². The van der Waals surface area contributed by atoms with Crippen molar-refractivity contribution in [2.75, 3.05) is 19.3 Å². The molecule has 0 spiro atoms. The number of aromatic nitrogens is 2. The zero-order chi connectivity index (χ0) is 15.6. The zero-order valence-corrected chi connectivity index (χ0v) is 13.2. The fraction of sp³-hybridized carbons (Fsp3) is 0.571. The normalized spacial score (nSPS) is 18.6. The molecule has 1 saturated heterocycles. The predicted octanol–water partition coefficient (Wildman–Crippen LogP) is 1.75. The smallest absolute Gasteiger partial charge is 0.308 e. The molecule has 2 heterocycles. The van der Waals surface area contributed by atoms with Crippen molar-refractivity contribution in [3.05, 3.63) is 17.1 Å². The van der Waals surface area contributed by atoms with Gasteiger partial charge in [0.15, 0.2) is 0 Å². The second kappa shape index (κ2) is 6.43. The highest BCUT2D eigenvalue weighted by Crippen LogP contribution is 2.25. The van der Waals surface area contributed by atoms with Crippen LogP contribution in [0.2, 0.25) is 0 Å². The molecule has 1 aromatic heterocycles. The van der Waals surface area contributed by atoms with Crippen molar-refractivity contribution in [3.8, 4) is 0 Å². The number of amides is 1. The van der Waals surface area contributed by atoms with Gasteiger partial charge >= 0.3 is 5.97 Å². The Bertz CT molecular complexity index is 577. The summed E-state index contributed by atoms with van der Waals surface area (Å²) in [6.45, 7) is 4.43. The number of rotatable bonds is 3. The third-order valence-electron chi connectivity index (χ3n) is 3.63. The molecular weight excluding hydrogens is 290 g/mol. The van der Waals surface area contributed by atoms with E-state index in [1.165, 1.54) is 11.8 Å². The van der Waals surface area contributed by atoms with Crippen molar-refractivity contribution in [2.45, 2.75) is 31.7 Å². The topological polar surface area (TPSA) is 83.4 Å². The summed E-state index contributed by atoms with van der Waals surface area (Å²) < 4.78 is 0. The molecule has 2 rings (SSSR count). The van der Waals surface area contributed by atoms with Crippen molar-refractivity contribution < 1.29 is 14.7 Å². The number of piperidine rings is 1. The zero-order valence-electron chi connectivity index (χ0n) is 12.4. The van der Waals surface area contributed by atoms with Gasteiger partial charge in [-0.1, -0.05) is 0 Å². The van der Waals surface area contributed by atoms with E-state index in [0.717, 1.165) is 0 Å². The van der Waals surface area contributed by atoms with Crippen LogP contribution in [0.4, 0.5) is 0 Å². The van der Waals surface area contributed by atoms with Gasteiger partial charge in [0, 0.05) is 13.1 Å². The Kier molecular flexibility index (Phi) is 4.82. The maximum absolute atomic E-state index is 12.7. The second-order valence-electron chi connectivity index (χ2n) is 5.17. The number of hydrogen-bond acceptors (Lipinski definition) is 5. The standard InChI is InChI=1S/C14H19N3O3S/c1-8-11(12(21-3)16-9(2)15-8)13(18)17-6-4-5-10(7-17)14(19)20/h10H,4-7H2,1-3H3,(H,19,20)/t10-/m1/s1. The fourth-order valence-corrected chi connectivity index (χ4v) is 3.26. The number of carboxylic acid groups (broad SMARTS) is 1. The van der Waals surface area contributed by atoms with Crippen molar-refractivity contribution in [1.29, 1.82) is 0 Å². The van der Waals surface area contributed by atoms with Gasteiger partial charge in [-0.2, -0.15) is 0 Å². The number of hydrogen-bond donors (Lipinski definition) is 1. The van der Waals surface area contributed by atoms with Crippen LogP contribution in [0.3, 0.4) is 0 Å². The van der Waals surface area contributed by atoms with Gasteiger partial charge in [-0.3, -0.25) is 9.59 Å². The quantitative estimate of drug-likeness (QED) is 0.676. The van der Waals surface area contributed by atoms with E-state index in [1.807, 2.05) is 6.26 Å². The molecule has 0 saturated carbocycles. The number of nitrogens with zero attached hydrogens (tertiary/aromatic N) is 3. The summed E-state index contributed by atoms with van der Waals surface area (Å²) in [5.41, 5.74) is 1.15. The molecule has 21 heavy (non-hydrogen) atoms. The lowest BCUT2D eigenvalue weighted by molar-refractivity contribution is -0.143. The molecule has 114 valence electrons. The summed E-state index contributed by atoms with van der Waals surface area (Å²) in [6.07, 6.45) is 3.20. The van der Waals surface area contributed by atoms with Gasteiger partial charge in [-0.15, -0.1) is 11.8 Å². The average Bonchev–Trinajstić information content (AvgIpc) is 2.45. The van der Waals surface area contributed by atoms with Crippen LogP contribution in [0.1, 0.15) is 34.7 Å². The second-order valence-corrected chi connectivity index (χ2v) is 5.96. The maximum atomic E-state index is 12.7. The van der Waals surface area contributed by atoms with Crippen molar-refractivity contribution in [1.82, 2.24) is 14.9 Å². The van der Waals surface area contributed by atoms with Gasteiger partial charge in [0.1, 0.15) is 10.9 Å². The Morgan fingerprint density at radius 1 is 1.33 bits per heavy atom. The van der Waals surface area contributed by atoms with Crippen LogP contribution < -0.4 is 0 Å². The molecule has 1 atom stereocenters. The molecule has 0 aliphatic carbocycles. The summed E-state index contributed by atoms with van der Waals surface area (Å²) in [4.78, 5) is 34.0. The first-order chi connectivity index (χ1) is 9.93. The van der Waals surface area contributed by atoms with Gasteiger partial charge in [0.05, 0.1) is 17.2 Å². The minimum atomic E-state index is -0.838. The van der Waals surface area contributed by atoms with Crippen molar-refractivity contribution >= 4 is 23.6 Å². The van der Waals surface area contributed by atoms with E-state index in [9.17, 15) is 9.59 Å². The summed E-state index contributed by atoms with van der Waals surface area (Å²) in [5, 5.41) is 9.79. The summed E-state index contributed by atoms with van der Waals surface area (Å²) >= 11 is 1.41. The first kappa shape index (κ1) is 15.8. The predicted molar refractivity (Wildman–Crippen MR) is 79.6 cm³/mol. The molecule has 6 nitrogen and oxygen atoms in total. The van der Waals surface area contributed by atoms with E-state index in [2.05, 4.69) is 9.97 Å². The molecule has 7 heteroatoms. The molecule has 1 aromatic rings. The van der Waals surface area contributed by atoms with Gasteiger partial charge in [-0.25, -0.2) is 9.97 Å². The lowest BCUT2D eigenvalue weighted by atomic mass is 9.97. The Morgan fingerprint density at radius 3 is 2.67 bits per heavy atom. The van der Waals surface area contributed by atoms with E-state index < -0.39 is 11.9 Å². The highest BCUT2D eigenvalue weighted by molar-refractivity contribution is 7.98. The molecular formula is C14H19N3O3S. The number of carbonyl (C=O) groups excluding carboxylic acids is 1. The lowest BCUT2D eigenvalue weighted by Crippen LogP contribution is -2.42. The first-order valence-electron chi connectivity index (χ1n) is 6.85. The summed E-state index contributed by atoms with van der Waals surface area (Å²) in [6, 6.07) is 0. The Hall–Kier alpha value is -1.63. The van der Waals surface area contributed by atoms with E-state index in [4.69, 9.17) is 5.11 Å². The molecule has 0 radical (unpaired) electrons. The minimum Gasteiger partial charge on any atom is -0.481 e.